The number of rotatable bonds is 4. The summed E-state index contributed by atoms with van der Waals surface area (Å²) in [6, 6.07) is 4.79. The number of hydrogen-bond acceptors (Lipinski definition) is 4. The Morgan fingerprint density at radius 3 is 2.54 bits per heavy atom. The molecule has 1 aliphatic carbocycles. The first-order valence-electron chi connectivity index (χ1n) is 8.62. The number of nitrogens with zero attached hydrogens (tertiary/aromatic N) is 1. The molecule has 1 saturated carbocycles. The van der Waals surface area contributed by atoms with Crippen LogP contribution >= 0.6 is 0 Å². The van der Waals surface area contributed by atoms with Crippen LogP contribution in [0.15, 0.2) is 24.3 Å². The normalized spacial score (nSPS) is 23.3. The van der Waals surface area contributed by atoms with E-state index in [1.54, 1.807) is 0 Å². The van der Waals surface area contributed by atoms with Crippen molar-refractivity contribution in [3.8, 4) is 5.75 Å². The first-order chi connectivity index (χ1) is 11.8. The predicted molar refractivity (Wildman–Crippen MR) is 82.9 cm³/mol. The van der Waals surface area contributed by atoms with Crippen LogP contribution in [0, 0.1) is 0 Å². The average molecular weight is 363 g/mol. The Morgan fingerprint density at radius 1 is 1.23 bits per heavy atom. The number of carboxylic acids is 1. The largest absolute Gasteiger partial charge is 1.00 e. The molecular formula is C18H21F3LiNO3. The Labute approximate surface area is 162 Å². The van der Waals surface area contributed by atoms with Gasteiger partial charge in [-0.3, -0.25) is 4.90 Å². The summed E-state index contributed by atoms with van der Waals surface area (Å²) in [6.45, 7) is 0.946. The molecule has 0 aromatic heterocycles. The van der Waals surface area contributed by atoms with Crippen LogP contribution in [0.5, 0.6) is 5.75 Å². The second kappa shape index (κ2) is 8.24. The van der Waals surface area contributed by atoms with Crippen LogP contribution in [0.2, 0.25) is 0 Å². The summed E-state index contributed by atoms with van der Waals surface area (Å²) in [6.07, 6.45) is -0.299. The van der Waals surface area contributed by atoms with Gasteiger partial charge in [-0.1, -0.05) is 25.3 Å². The fourth-order valence-electron chi connectivity index (χ4n) is 3.94. The number of likely N-dealkylation sites (tertiary alicyclic amines) is 1. The van der Waals surface area contributed by atoms with Crippen molar-refractivity contribution in [1.29, 1.82) is 0 Å². The van der Waals surface area contributed by atoms with Gasteiger partial charge in [-0.15, -0.1) is 0 Å². The van der Waals surface area contributed by atoms with Crippen LogP contribution in [-0.2, 0) is 11.0 Å². The maximum absolute atomic E-state index is 12.8. The molecule has 1 saturated heterocycles. The zero-order chi connectivity index (χ0) is 18.1. The van der Waals surface area contributed by atoms with Gasteiger partial charge in [0.15, 0.2) is 0 Å². The molecule has 8 heteroatoms. The van der Waals surface area contributed by atoms with Crippen LogP contribution in [0.4, 0.5) is 13.2 Å². The van der Waals surface area contributed by atoms with Crippen molar-refractivity contribution in [2.75, 3.05) is 13.1 Å². The molecule has 0 amide bonds. The molecule has 0 N–H and O–H groups in total. The third-order valence-corrected chi connectivity index (χ3v) is 5.28. The number of hydrogen-bond donors (Lipinski definition) is 0. The van der Waals surface area contributed by atoms with E-state index in [2.05, 4.69) is 0 Å². The van der Waals surface area contributed by atoms with Gasteiger partial charge in [-0.2, -0.15) is 13.2 Å². The first kappa shape index (κ1) is 21.1. The van der Waals surface area contributed by atoms with Gasteiger partial charge in [0, 0.05) is 13.1 Å². The molecule has 0 radical (unpaired) electrons. The van der Waals surface area contributed by atoms with E-state index in [1.165, 1.54) is 12.1 Å². The third-order valence-electron chi connectivity index (χ3n) is 5.28. The molecule has 138 valence electrons. The van der Waals surface area contributed by atoms with E-state index < -0.39 is 23.2 Å². The molecule has 1 aliphatic heterocycles. The first-order valence-corrected chi connectivity index (χ1v) is 8.62. The minimum Gasteiger partial charge on any atom is -0.548 e. The Bertz CT molecular complexity index is 632. The molecule has 1 heterocycles. The second-order valence-corrected chi connectivity index (χ2v) is 6.88. The van der Waals surface area contributed by atoms with Crippen LogP contribution in [0.1, 0.15) is 44.1 Å². The number of carboxylic acid groups (broad SMARTS) is 1. The second-order valence-electron chi connectivity index (χ2n) is 6.88. The number of alkyl halides is 3. The number of carbonyl (C=O) groups excluding carboxylic acids is 1. The minimum atomic E-state index is -4.41. The monoisotopic (exact) mass is 363 g/mol. The van der Waals surface area contributed by atoms with Crippen molar-refractivity contribution < 1.29 is 46.7 Å². The zero-order valence-electron chi connectivity index (χ0n) is 14.8. The number of ether oxygens (including phenoxy) is 1. The topological polar surface area (TPSA) is 52.6 Å². The third kappa shape index (κ3) is 4.38. The molecule has 1 aromatic carbocycles. The summed E-state index contributed by atoms with van der Waals surface area (Å²) in [5, 5.41) is 11.8. The standard InChI is InChI=1S/C18H22F3NO3.Li/c19-18(20,21)13-5-4-6-14(11-13)25-15-7-10-22(12-15)17(16(23)24)8-2-1-3-9-17;/h4-6,11,15H,1-3,7-10,12H2,(H,23,24);/q;+1/p-1/t15-;/m1./s1. The summed E-state index contributed by atoms with van der Waals surface area (Å²) >= 11 is 0. The molecule has 0 unspecified atom stereocenters. The Hall–Kier alpha value is -1.16. The van der Waals surface area contributed by atoms with E-state index in [0.29, 0.717) is 32.4 Å². The van der Waals surface area contributed by atoms with Crippen molar-refractivity contribution in [3.05, 3.63) is 29.8 Å². The quantitative estimate of drug-likeness (QED) is 0.685. The van der Waals surface area contributed by atoms with Crippen molar-refractivity contribution in [2.45, 2.75) is 56.3 Å². The molecular weight excluding hydrogens is 342 g/mol. The van der Waals surface area contributed by atoms with Gasteiger partial charge in [-0.05, 0) is 37.5 Å². The van der Waals surface area contributed by atoms with E-state index in [-0.39, 0.29) is 30.7 Å². The summed E-state index contributed by atoms with van der Waals surface area (Å²) in [4.78, 5) is 13.7. The summed E-state index contributed by atoms with van der Waals surface area (Å²) < 4.78 is 44.1. The van der Waals surface area contributed by atoms with Gasteiger partial charge in [0.05, 0.1) is 17.1 Å². The molecule has 26 heavy (non-hydrogen) atoms. The molecule has 4 nitrogen and oxygen atoms in total. The van der Waals surface area contributed by atoms with Gasteiger partial charge in [-0.25, -0.2) is 0 Å². The predicted octanol–water partition coefficient (Wildman–Crippen LogP) is -0.385. The molecule has 3 rings (SSSR count). The van der Waals surface area contributed by atoms with E-state index in [4.69, 9.17) is 4.74 Å². The zero-order valence-corrected chi connectivity index (χ0v) is 14.8. The van der Waals surface area contributed by atoms with Gasteiger partial charge < -0.3 is 14.6 Å². The van der Waals surface area contributed by atoms with E-state index in [9.17, 15) is 23.1 Å². The van der Waals surface area contributed by atoms with Crippen LogP contribution in [0.25, 0.3) is 0 Å². The van der Waals surface area contributed by atoms with Gasteiger partial charge >= 0.3 is 25.0 Å². The maximum Gasteiger partial charge on any atom is 1.00 e. The van der Waals surface area contributed by atoms with Crippen LogP contribution in [-0.4, -0.2) is 35.6 Å². The minimum absolute atomic E-state index is 0. The van der Waals surface area contributed by atoms with Gasteiger partial charge in [0.25, 0.3) is 0 Å². The van der Waals surface area contributed by atoms with Crippen molar-refractivity contribution in [1.82, 2.24) is 4.90 Å². The average Bonchev–Trinajstić information content (AvgIpc) is 3.04. The fraction of sp³-hybridized carbons (Fsp3) is 0.611. The number of carbonyl (C=O) groups is 1. The van der Waals surface area contributed by atoms with E-state index in [1.807, 2.05) is 4.90 Å². The number of benzene rings is 1. The SMILES string of the molecule is O=C([O-])C1(N2CC[C@@H](Oc3cccc(C(F)(F)F)c3)C2)CCCCC1.[Li+]. The van der Waals surface area contributed by atoms with Crippen LogP contribution < -0.4 is 28.7 Å². The fourth-order valence-corrected chi connectivity index (χ4v) is 3.94. The summed E-state index contributed by atoms with van der Waals surface area (Å²) in [5.74, 6) is -0.889. The summed E-state index contributed by atoms with van der Waals surface area (Å²) in [7, 11) is 0. The van der Waals surface area contributed by atoms with Gasteiger partial charge in [0.2, 0.25) is 0 Å². The number of aliphatic carboxylic acids is 1. The van der Waals surface area contributed by atoms with Crippen molar-refractivity contribution in [2.24, 2.45) is 0 Å². The molecule has 1 atom stereocenters. The van der Waals surface area contributed by atoms with Gasteiger partial charge in [0.1, 0.15) is 11.9 Å². The summed E-state index contributed by atoms with van der Waals surface area (Å²) in [5.41, 5.74) is -1.71. The smallest absolute Gasteiger partial charge is 0.548 e. The Kier molecular flexibility index (Phi) is 6.70. The number of halogens is 3. The van der Waals surface area contributed by atoms with Crippen LogP contribution in [0.3, 0.4) is 0 Å². The van der Waals surface area contributed by atoms with Crippen molar-refractivity contribution in [3.63, 3.8) is 0 Å². The molecule has 2 aliphatic rings. The Balaban J connectivity index is 0.00000243. The Morgan fingerprint density at radius 2 is 1.92 bits per heavy atom. The molecule has 0 spiro atoms. The van der Waals surface area contributed by atoms with E-state index >= 15 is 0 Å². The van der Waals surface area contributed by atoms with E-state index in [0.717, 1.165) is 31.4 Å². The maximum atomic E-state index is 12.8. The van der Waals surface area contributed by atoms with Crippen molar-refractivity contribution >= 4 is 5.97 Å². The molecule has 2 fully saturated rings. The molecule has 0 bridgehead atoms. The molecule has 1 aromatic rings.